The third-order valence-electron chi connectivity index (χ3n) is 3.98. The molecule has 122 valence electrons. The maximum atomic E-state index is 12.9. The molecule has 3 aromatic rings. The van der Waals surface area contributed by atoms with Crippen LogP contribution in [0.1, 0.15) is 15.9 Å². The smallest absolute Gasteiger partial charge is 0.257 e. The number of hydrogen-bond acceptors (Lipinski definition) is 2. The number of carbonyl (C=O) groups excluding carboxylic acids is 1. The van der Waals surface area contributed by atoms with Crippen molar-refractivity contribution < 1.29 is 9.53 Å². The molecular formula is C20H18ClNO2. The molecule has 0 heterocycles. The zero-order chi connectivity index (χ0) is 17.1. The van der Waals surface area contributed by atoms with Crippen molar-refractivity contribution in [3.05, 3.63) is 76.8 Å². The first-order chi connectivity index (χ1) is 11.6. The highest BCUT2D eigenvalue weighted by molar-refractivity contribution is 6.30. The van der Waals surface area contributed by atoms with Crippen LogP contribution >= 0.6 is 11.6 Å². The molecule has 0 saturated carbocycles. The molecule has 3 rings (SSSR count). The number of hydrogen-bond donors (Lipinski definition) is 0. The summed E-state index contributed by atoms with van der Waals surface area (Å²) in [6.45, 7) is 0.506. The average Bonchev–Trinajstić information content (AvgIpc) is 2.61. The summed E-state index contributed by atoms with van der Waals surface area (Å²) in [7, 11) is 3.37. The molecule has 0 aliphatic carbocycles. The first-order valence-corrected chi connectivity index (χ1v) is 8.03. The van der Waals surface area contributed by atoms with E-state index in [1.165, 1.54) is 0 Å². The van der Waals surface area contributed by atoms with Gasteiger partial charge < -0.3 is 9.64 Å². The zero-order valence-electron chi connectivity index (χ0n) is 13.6. The van der Waals surface area contributed by atoms with Crippen molar-refractivity contribution >= 4 is 28.3 Å². The van der Waals surface area contributed by atoms with Crippen LogP contribution in [-0.2, 0) is 6.54 Å². The molecule has 0 bridgehead atoms. The largest absolute Gasteiger partial charge is 0.496 e. The Hall–Kier alpha value is -2.52. The van der Waals surface area contributed by atoms with E-state index in [-0.39, 0.29) is 5.91 Å². The Labute approximate surface area is 146 Å². The quantitative estimate of drug-likeness (QED) is 0.685. The van der Waals surface area contributed by atoms with Gasteiger partial charge in [-0.1, -0.05) is 48.0 Å². The third-order valence-corrected chi connectivity index (χ3v) is 4.23. The van der Waals surface area contributed by atoms with Crippen molar-refractivity contribution in [3.63, 3.8) is 0 Å². The van der Waals surface area contributed by atoms with Gasteiger partial charge in [0.25, 0.3) is 5.91 Å². The monoisotopic (exact) mass is 339 g/mol. The van der Waals surface area contributed by atoms with Crippen molar-refractivity contribution in [3.8, 4) is 5.75 Å². The number of fused-ring (bicyclic) bond motifs is 1. The number of halogens is 1. The number of ether oxygens (including phenoxy) is 1. The van der Waals surface area contributed by atoms with E-state index in [1.54, 1.807) is 19.1 Å². The van der Waals surface area contributed by atoms with Gasteiger partial charge in [0.1, 0.15) is 5.75 Å². The van der Waals surface area contributed by atoms with Crippen LogP contribution in [0.25, 0.3) is 10.8 Å². The van der Waals surface area contributed by atoms with Crippen LogP contribution in [0.3, 0.4) is 0 Å². The van der Waals surface area contributed by atoms with Gasteiger partial charge in [-0.25, -0.2) is 0 Å². The van der Waals surface area contributed by atoms with E-state index < -0.39 is 0 Å². The molecule has 0 radical (unpaired) electrons. The van der Waals surface area contributed by atoms with Crippen LogP contribution in [-0.4, -0.2) is 25.0 Å². The predicted octanol–water partition coefficient (Wildman–Crippen LogP) is 4.77. The number of nitrogens with zero attached hydrogens (tertiary/aromatic N) is 1. The fraction of sp³-hybridized carbons (Fsp3) is 0.150. The molecule has 3 nitrogen and oxygen atoms in total. The van der Waals surface area contributed by atoms with Crippen molar-refractivity contribution in [2.45, 2.75) is 6.54 Å². The molecule has 0 spiro atoms. The molecule has 0 aliphatic rings. The lowest BCUT2D eigenvalue weighted by molar-refractivity contribution is 0.0782. The topological polar surface area (TPSA) is 29.5 Å². The highest BCUT2D eigenvalue weighted by Crippen LogP contribution is 2.27. The normalized spacial score (nSPS) is 10.6. The van der Waals surface area contributed by atoms with Gasteiger partial charge in [0.05, 0.1) is 12.7 Å². The number of amides is 1. The van der Waals surface area contributed by atoms with Crippen molar-refractivity contribution in [1.29, 1.82) is 0 Å². The second kappa shape index (κ2) is 6.93. The fourth-order valence-corrected chi connectivity index (χ4v) is 2.82. The standard InChI is InChI=1S/C20H18ClNO2/c1-22(13-14-7-9-17(21)10-8-14)20(23)18-11-15-5-3-4-6-16(15)12-19(18)24-2/h3-12H,13H2,1-2H3. The van der Waals surface area contributed by atoms with E-state index in [9.17, 15) is 4.79 Å². The maximum Gasteiger partial charge on any atom is 0.257 e. The lowest BCUT2D eigenvalue weighted by atomic mass is 10.0. The minimum absolute atomic E-state index is 0.0763. The van der Waals surface area contributed by atoms with E-state index in [0.717, 1.165) is 16.3 Å². The number of benzene rings is 3. The molecule has 0 aliphatic heterocycles. The van der Waals surface area contributed by atoms with Gasteiger partial charge >= 0.3 is 0 Å². The first-order valence-electron chi connectivity index (χ1n) is 7.65. The molecular weight excluding hydrogens is 322 g/mol. The van der Waals surface area contributed by atoms with Gasteiger partial charge in [-0.2, -0.15) is 0 Å². The lowest BCUT2D eigenvalue weighted by Gasteiger charge is -2.19. The van der Waals surface area contributed by atoms with Crippen LogP contribution in [0.2, 0.25) is 5.02 Å². The van der Waals surface area contributed by atoms with Crippen LogP contribution in [0.5, 0.6) is 5.75 Å². The Morgan fingerprint density at radius 3 is 2.29 bits per heavy atom. The Kier molecular flexibility index (Phi) is 4.72. The van der Waals surface area contributed by atoms with Crippen molar-refractivity contribution in [1.82, 2.24) is 4.90 Å². The summed E-state index contributed by atoms with van der Waals surface area (Å²) in [5.41, 5.74) is 1.59. The Bertz CT molecular complexity index is 874. The second-order valence-electron chi connectivity index (χ2n) is 5.69. The minimum atomic E-state index is -0.0763. The van der Waals surface area contributed by atoms with Crippen molar-refractivity contribution in [2.75, 3.05) is 14.2 Å². The summed E-state index contributed by atoms with van der Waals surface area (Å²) >= 11 is 5.90. The highest BCUT2D eigenvalue weighted by atomic mass is 35.5. The molecule has 0 saturated heterocycles. The van der Waals surface area contributed by atoms with Crippen LogP contribution in [0, 0.1) is 0 Å². The molecule has 24 heavy (non-hydrogen) atoms. The number of carbonyl (C=O) groups is 1. The Balaban J connectivity index is 1.90. The van der Waals surface area contributed by atoms with Gasteiger partial charge in [0.15, 0.2) is 0 Å². The summed E-state index contributed by atoms with van der Waals surface area (Å²) in [6.07, 6.45) is 0. The summed E-state index contributed by atoms with van der Waals surface area (Å²) in [4.78, 5) is 14.5. The van der Waals surface area contributed by atoms with E-state index in [2.05, 4.69) is 0 Å². The zero-order valence-corrected chi connectivity index (χ0v) is 14.4. The van der Waals surface area contributed by atoms with Gasteiger partial charge in [-0.3, -0.25) is 4.79 Å². The molecule has 0 unspecified atom stereocenters. The fourth-order valence-electron chi connectivity index (χ4n) is 2.70. The molecule has 0 aromatic heterocycles. The number of methoxy groups -OCH3 is 1. The lowest BCUT2D eigenvalue weighted by Crippen LogP contribution is -2.26. The second-order valence-corrected chi connectivity index (χ2v) is 6.12. The summed E-state index contributed by atoms with van der Waals surface area (Å²) in [5, 5.41) is 2.75. The van der Waals surface area contributed by atoms with Gasteiger partial charge in [0, 0.05) is 18.6 Å². The van der Waals surface area contributed by atoms with E-state index in [4.69, 9.17) is 16.3 Å². The van der Waals surface area contributed by atoms with Gasteiger partial charge in [0.2, 0.25) is 0 Å². The molecule has 4 heteroatoms. The van der Waals surface area contributed by atoms with E-state index >= 15 is 0 Å². The molecule has 0 atom stereocenters. The maximum absolute atomic E-state index is 12.9. The summed E-state index contributed by atoms with van der Waals surface area (Å²) in [6, 6.07) is 19.2. The van der Waals surface area contributed by atoms with Crippen LogP contribution in [0.15, 0.2) is 60.7 Å². The molecule has 0 N–H and O–H groups in total. The first kappa shape index (κ1) is 16.3. The van der Waals surface area contributed by atoms with Crippen LogP contribution < -0.4 is 4.74 Å². The third kappa shape index (κ3) is 3.36. The molecule has 3 aromatic carbocycles. The minimum Gasteiger partial charge on any atom is -0.496 e. The van der Waals surface area contributed by atoms with E-state index in [1.807, 2.05) is 60.7 Å². The van der Waals surface area contributed by atoms with Gasteiger partial charge in [-0.15, -0.1) is 0 Å². The predicted molar refractivity (Wildman–Crippen MR) is 97.7 cm³/mol. The summed E-state index contributed by atoms with van der Waals surface area (Å²) < 4.78 is 5.43. The Morgan fingerprint density at radius 1 is 1.04 bits per heavy atom. The SMILES string of the molecule is COc1cc2ccccc2cc1C(=O)N(C)Cc1ccc(Cl)cc1. The van der Waals surface area contributed by atoms with Crippen LogP contribution in [0.4, 0.5) is 0 Å². The number of rotatable bonds is 4. The summed E-state index contributed by atoms with van der Waals surface area (Å²) in [5.74, 6) is 0.509. The molecule has 0 fully saturated rings. The Morgan fingerprint density at radius 2 is 1.67 bits per heavy atom. The van der Waals surface area contributed by atoms with E-state index in [0.29, 0.717) is 22.9 Å². The van der Waals surface area contributed by atoms with Gasteiger partial charge in [-0.05, 0) is 40.6 Å². The highest BCUT2D eigenvalue weighted by Gasteiger charge is 2.18. The van der Waals surface area contributed by atoms with Crippen molar-refractivity contribution in [2.24, 2.45) is 0 Å². The molecule has 1 amide bonds. The average molecular weight is 340 g/mol.